The topological polar surface area (TPSA) is 12.4 Å². The summed E-state index contributed by atoms with van der Waals surface area (Å²) in [6.45, 7) is 19.3. The Balaban J connectivity index is 1.29. The van der Waals surface area contributed by atoms with Gasteiger partial charge < -0.3 is 0 Å². The Morgan fingerprint density at radius 1 is 0.760 bits per heavy atom. The maximum atomic E-state index is 5.60. The van der Waals surface area contributed by atoms with Gasteiger partial charge in [0.25, 0.3) is 0 Å². The summed E-state index contributed by atoms with van der Waals surface area (Å²) in [5.41, 5.74) is 22.4. The first-order valence-electron chi connectivity index (χ1n) is 17.8. The van der Waals surface area contributed by atoms with E-state index in [1.54, 1.807) is 0 Å². The molecule has 0 spiro atoms. The quantitative estimate of drug-likeness (QED) is 0.0997. The zero-order valence-corrected chi connectivity index (χ0v) is 30.3. The number of allylic oxidation sites excluding steroid dienone is 4. The Morgan fingerprint density at radius 2 is 1.32 bits per heavy atom. The molecule has 1 aliphatic rings. The summed E-state index contributed by atoms with van der Waals surface area (Å²) in [6, 6.07) is 35.5. The summed E-state index contributed by atoms with van der Waals surface area (Å²) in [5.74, 6) is 2.81. The highest BCUT2D eigenvalue weighted by molar-refractivity contribution is 5.89. The van der Waals surface area contributed by atoms with Gasteiger partial charge in [0.2, 0.25) is 0 Å². The third-order valence-electron chi connectivity index (χ3n) is 10.3. The third kappa shape index (κ3) is 6.47. The molecule has 0 heterocycles. The number of hydrogen-bond donors (Lipinski definition) is 0. The second-order valence-corrected chi connectivity index (χ2v) is 13.6. The van der Waals surface area contributed by atoms with Crippen LogP contribution in [0.5, 0.6) is 0 Å². The van der Waals surface area contributed by atoms with E-state index >= 15 is 0 Å². The minimum atomic E-state index is 0.776. The fraction of sp³-hybridized carbons (Fsp3) is 0.204. The Kier molecular flexibility index (Phi) is 10.3. The first-order valence-corrected chi connectivity index (χ1v) is 17.8. The van der Waals surface area contributed by atoms with E-state index in [0.29, 0.717) is 0 Å². The van der Waals surface area contributed by atoms with Crippen LogP contribution in [0.1, 0.15) is 81.2 Å². The summed E-state index contributed by atoms with van der Waals surface area (Å²) in [6.07, 6.45) is 12.5. The highest BCUT2D eigenvalue weighted by atomic mass is 14.7. The van der Waals surface area contributed by atoms with Crippen molar-refractivity contribution in [2.24, 2.45) is 4.99 Å². The molecule has 5 aromatic rings. The fourth-order valence-electron chi connectivity index (χ4n) is 7.79. The van der Waals surface area contributed by atoms with E-state index < -0.39 is 0 Å². The van der Waals surface area contributed by atoms with Crippen molar-refractivity contribution in [3.05, 3.63) is 143 Å². The molecule has 50 heavy (non-hydrogen) atoms. The van der Waals surface area contributed by atoms with Gasteiger partial charge >= 0.3 is 0 Å². The molecular weight excluding hydrogens is 603 g/mol. The number of hydrogen-bond acceptors (Lipinski definition) is 1. The standard InChI is InChI=1S/C49H47N/c1-9-12-16-41-33(6)31-48-44(18-14-20-47(41)48)37-23-21-35(22-24-37)42-29-30-45(49(50-8)34(42)7)38-27-25-36(26-28-38)43-17-13-19-46(39(43)11-3)40(15-10-2)32(4)5/h1,11,13-14,17-30H,3,8,10,12,15-16,31H2,2,4-7H3. The van der Waals surface area contributed by atoms with E-state index in [4.69, 9.17) is 6.42 Å². The Morgan fingerprint density at radius 3 is 1.92 bits per heavy atom. The van der Waals surface area contributed by atoms with Gasteiger partial charge in [-0.25, -0.2) is 0 Å². The summed E-state index contributed by atoms with van der Waals surface area (Å²) in [4.78, 5) is 4.56. The second kappa shape index (κ2) is 15.0. The highest BCUT2D eigenvalue weighted by Crippen LogP contribution is 2.43. The van der Waals surface area contributed by atoms with Crippen molar-refractivity contribution < 1.29 is 0 Å². The monoisotopic (exact) mass is 649 g/mol. The van der Waals surface area contributed by atoms with Gasteiger partial charge in [0.05, 0.1) is 5.69 Å². The van der Waals surface area contributed by atoms with Gasteiger partial charge in [-0.1, -0.05) is 134 Å². The Bertz CT molecular complexity index is 2190. The lowest BCUT2D eigenvalue weighted by Gasteiger charge is -2.17. The maximum absolute atomic E-state index is 5.60. The second-order valence-electron chi connectivity index (χ2n) is 13.6. The number of nitrogens with zero attached hydrogens (tertiary/aromatic N) is 1. The van der Waals surface area contributed by atoms with Crippen LogP contribution in [0.25, 0.3) is 61.7 Å². The van der Waals surface area contributed by atoms with Gasteiger partial charge in [0.1, 0.15) is 0 Å². The first-order chi connectivity index (χ1) is 24.3. The Hall–Kier alpha value is -5.45. The van der Waals surface area contributed by atoms with Crippen LogP contribution in [-0.4, -0.2) is 6.72 Å². The van der Waals surface area contributed by atoms with Crippen LogP contribution in [0.2, 0.25) is 0 Å². The van der Waals surface area contributed by atoms with Crippen molar-refractivity contribution in [2.75, 3.05) is 0 Å². The van der Waals surface area contributed by atoms with Crippen LogP contribution in [0.4, 0.5) is 5.69 Å². The Labute approximate surface area is 299 Å². The SMILES string of the molecule is C#CCCC1=C(C)Cc2c1cccc2-c1ccc(-c2ccc(-c3ccc(-c4cccc(C(CCC)=C(C)C)c4C=C)cc3)c(N=C)c2C)cc1. The summed E-state index contributed by atoms with van der Waals surface area (Å²) >= 11 is 0. The molecule has 1 heteroatoms. The molecule has 0 bridgehead atoms. The zero-order valence-electron chi connectivity index (χ0n) is 30.3. The molecule has 1 nitrogen and oxygen atoms in total. The normalized spacial score (nSPS) is 12.0. The molecule has 0 saturated heterocycles. The van der Waals surface area contributed by atoms with E-state index in [1.165, 1.54) is 77.9 Å². The lowest BCUT2D eigenvalue weighted by molar-refractivity contribution is 0.964. The molecule has 0 radical (unpaired) electrons. The molecule has 0 amide bonds. The molecule has 0 aliphatic heterocycles. The molecule has 0 N–H and O–H groups in total. The third-order valence-corrected chi connectivity index (χ3v) is 10.3. The molecule has 0 fully saturated rings. The summed E-state index contributed by atoms with van der Waals surface area (Å²) in [5, 5.41) is 0. The van der Waals surface area contributed by atoms with Crippen LogP contribution in [0.15, 0.2) is 120 Å². The maximum Gasteiger partial charge on any atom is 0.0736 e. The molecule has 5 aromatic carbocycles. The summed E-state index contributed by atoms with van der Waals surface area (Å²) in [7, 11) is 0. The van der Waals surface area contributed by atoms with Crippen molar-refractivity contribution in [1.29, 1.82) is 0 Å². The fourth-order valence-corrected chi connectivity index (χ4v) is 7.79. The van der Waals surface area contributed by atoms with Crippen molar-refractivity contribution in [2.45, 2.75) is 66.7 Å². The van der Waals surface area contributed by atoms with Crippen molar-refractivity contribution in [3.8, 4) is 56.9 Å². The van der Waals surface area contributed by atoms with Crippen LogP contribution in [-0.2, 0) is 6.42 Å². The van der Waals surface area contributed by atoms with E-state index in [1.807, 2.05) is 6.08 Å². The largest absolute Gasteiger partial charge is 0.264 e. The molecule has 0 unspecified atom stereocenters. The molecule has 0 saturated carbocycles. The van der Waals surface area contributed by atoms with E-state index in [9.17, 15) is 0 Å². The predicted octanol–water partition coefficient (Wildman–Crippen LogP) is 14.0. The van der Waals surface area contributed by atoms with Gasteiger partial charge in [-0.2, -0.15) is 0 Å². The predicted molar refractivity (Wildman–Crippen MR) is 220 cm³/mol. The van der Waals surface area contributed by atoms with Gasteiger partial charge in [-0.3, -0.25) is 4.99 Å². The van der Waals surface area contributed by atoms with Crippen LogP contribution in [0, 0.1) is 19.3 Å². The molecular formula is C49H47N. The zero-order chi connectivity index (χ0) is 35.4. The van der Waals surface area contributed by atoms with Crippen LogP contribution >= 0.6 is 0 Å². The number of benzene rings is 5. The smallest absolute Gasteiger partial charge is 0.0736 e. The van der Waals surface area contributed by atoms with E-state index in [0.717, 1.165) is 54.5 Å². The molecule has 0 atom stereocenters. The minimum Gasteiger partial charge on any atom is -0.264 e. The lowest BCUT2D eigenvalue weighted by Crippen LogP contribution is -1.95. The lowest BCUT2D eigenvalue weighted by atomic mass is 9.87. The van der Waals surface area contributed by atoms with E-state index in [-0.39, 0.29) is 0 Å². The van der Waals surface area contributed by atoms with Crippen LogP contribution < -0.4 is 0 Å². The highest BCUT2D eigenvalue weighted by Gasteiger charge is 2.22. The summed E-state index contributed by atoms with van der Waals surface area (Å²) < 4.78 is 0. The van der Waals surface area contributed by atoms with Crippen LogP contribution in [0.3, 0.4) is 0 Å². The average molecular weight is 650 g/mol. The van der Waals surface area contributed by atoms with Gasteiger partial charge in [0.15, 0.2) is 0 Å². The molecule has 1 aliphatic carbocycles. The van der Waals surface area contributed by atoms with E-state index in [2.05, 4.69) is 156 Å². The van der Waals surface area contributed by atoms with Gasteiger partial charge in [-0.15, -0.1) is 12.3 Å². The number of rotatable bonds is 11. The van der Waals surface area contributed by atoms with Crippen molar-refractivity contribution in [1.82, 2.24) is 0 Å². The number of terminal acetylenes is 1. The average Bonchev–Trinajstić information content (AvgIpc) is 3.47. The molecule has 6 rings (SSSR count). The molecule has 0 aromatic heterocycles. The van der Waals surface area contributed by atoms with Gasteiger partial charge in [-0.05, 0) is 132 Å². The van der Waals surface area contributed by atoms with Gasteiger partial charge in [0, 0.05) is 12.0 Å². The first kappa shape index (κ1) is 34.4. The number of aliphatic imine (C=N–C) groups is 1. The number of fused-ring (bicyclic) bond motifs is 1. The van der Waals surface area contributed by atoms with Crippen molar-refractivity contribution in [3.63, 3.8) is 0 Å². The van der Waals surface area contributed by atoms with Crippen molar-refractivity contribution >= 4 is 29.6 Å². The minimum absolute atomic E-state index is 0.776. The molecule has 248 valence electrons.